The maximum Gasteiger partial charge on any atom is 0.270 e. The lowest BCUT2D eigenvalue weighted by molar-refractivity contribution is -0.385. The highest BCUT2D eigenvalue weighted by molar-refractivity contribution is 7.99. The van der Waals surface area contributed by atoms with E-state index in [1.165, 1.54) is 11.1 Å². The van der Waals surface area contributed by atoms with Gasteiger partial charge in [0.2, 0.25) is 0 Å². The second-order valence-corrected chi connectivity index (χ2v) is 6.70. The minimum atomic E-state index is -0.350. The number of rotatable bonds is 4. The molecular weight excluding hydrogens is 342 g/mol. The molecule has 3 aromatic rings. The monoisotopic (exact) mass is 365 g/mol. The Morgan fingerprint density at radius 1 is 0.769 bits per heavy atom. The van der Waals surface area contributed by atoms with Crippen LogP contribution in [0, 0.1) is 24.0 Å². The van der Waals surface area contributed by atoms with Gasteiger partial charge in [-0.1, -0.05) is 74.1 Å². The molecule has 134 valence electrons. The maximum atomic E-state index is 11.0. The third kappa shape index (κ3) is 4.52. The van der Waals surface area contributed by atoms with E-state index in [-0.39, 0.29) is 10.6 Å². The van der Waals surface area contributed by atoms with E-state index in [1.807, 2.05) is 45.0 Å². The topological polar surface area (TPSA) is 43.1 Å². The first-order chi connectivity index (χ1) is 12.6. The van der Waals surface area contributed by atoms with E-state index in [9.17, 15) is 10.1 Å². The zero-order chi connectivity index (χ0) is 19.1. The van der Waals surface area contributed by atoms with Crippen LogP contribution in [-0.4, -0.2) is 4.92 Å². The van der Waals surface area contributed by atoms with E-state index in [1.54, 1.807) is 30.0 Å². The van der Waals surface area contributed by atoms with Crippen LogP contribution in [0.2, 0.25) is 0 Å². The molecule has 0 aliphatic carbocycles. The van der Waals surface area contributed by atoms with Crippen LogP contribution in [0.3, 0.4) is 0 Å². The molecular formula is C22H23NO2S. The van der Waals surface area contributed by atoms with Crippen molar-refractivity contribution >= 4 is 17.4 Å². The number of benzene rings is 3. The molecule has 0 radical (unpaired) electrons. The minimum Gasteiger partial charge on any atom is -0.258 e. The number of nitro groups is 1. The molecule has 0 atom stereocenters. The van der Waals surface area contributed by atoms with Crippen molar-refractivity contribution in [2.75, 3.05) is 0 Å². The van der Waals surface area contributed by atoms with Crippen molar-refractivity contribution in [2.45, 2.75) is 37.5 Å². The van der Waals surface area contributed by atoms with E-state index in [4.69, 9.17) is 0 Å². The number of hydrogen-bond acceptors (Lipinski definition) is 3. The molecule has 0 bridgehead atoms. The highest BCUT2D eigenvalue weighted by Gasteiger charge is 2.13. The van der Waals surface area contributed by atoms with E-state index in [0.29, 0.717) is 0 Å². The summed E-state index contributed by atoms with van der Waals surface area (Å²) in [6.07, 6.45) is 0. The molecule has 0 saturated heterocycles. The third-order valence-electron chi connectivity index (χ3n) is 3.92. The fraction of sp³-hybridized carbons (Fsp3) is 0.182. The largest absolute Gasteiger partial charge is 0.270 e. The summed E-state index contributed by atoms with van der Waals surface area (Å²) in [5, 5.41) is 11.0. The van der Waals surface area contributed by atoms with Gasteiger partial charge in [0.1, 0.15) is 0 Å². The Morgan fingerprint density at radius 3 is 2.04 bits per heavy atom. The average molecular weight is 365 g/mol. The van der Waals surface area contributed by atoms with Gasteiger partial charge in [-0.3, -0.25) is 10.1 Å². The van der Waals surface area contributed by atoms with Gasteiger partial charge in [-0.15, -0.1) is 0 Å². The van der Waals surface area contributed by atoms with Gasteiger partial charge >= 0.3 is 0 Å². The fourth-order valence-electron chi connectivity index (χ4n) is 2.58. The van der Waals surface area contributed by atoms with Crippen LogP contribution in [0.5, 0.6) is 0 Å². The van der Waals surface area contributed by atoms with E-state index in [0.717, 1.165) is 20.9 Å². The van der Waals surface area contributed by atoms with Crippen molar-refractivity contribution in [3.05, 3.63) is 88.0 Å². The quantitative estimate of drug-likeness (QED) is 0.367. The zero-order valence-electron chi connectivity index (χ0n) is 15.5. The summed E-state index contributed by atoms with van der Waals surface area (Å²) in [6.45, 7) is 8.07. The molecule has 0 fully saturated rings. The van der Waals surface area contributed by atoms with Gasteiger partial charge < -0.3 is 0 Å². The average Bonchev–Trinajstić information content (AvgIpc) is 2.66. The van der Waals surface area contributed by atoms with Crippen LogP contribution in [-0.2, 0) is 0 Å². The summed E-state index contributed by atoms with van der Waals surface area (Å²) in [7, 11) is 0. The summed E-state index contributed by atoms with van der Waals surface area (Å²) < 4.78 is 0. The molecule has 0 unspecified atom stereocenters. The van der Waals surface area contributed by atoms with Crippen LogP contribution in [0.1, 0.15) is 25.0 Å². The number of aryl methyl sites for hydroxylation is 2. The van der Waals surface area contributed by atoms with Gasteiger partial charge in [0, 0.05) is 21.9 Å². The Balaban J connectivity index is 0.00000117. The fourth-order valence-corrected chi connectivity index (χ4v) is 3.66. The second kappa shape index (κ2) is 9.20. The minimum absolute atomic E-state index is 0.122. The molecule has 0 aliphatic rings. The SMILES string of the molecule is CC.Cc1ccc([N+](=O)[O-])cc1Sc1ccccc1-c1ccccc1C. The number of nitrogens with zero attached hydrogens (tertiary/aromatic N) is 1. The molecule has 0 N–H and O–H groups in total. The Hall–Kier alpha value is -2.59. The van der Waals surface area contributed by atoms with Gasteiger partial charge in [-0.05, 0) is 42.2 Å². The van der Waals surface area contributed by atoms with Crippen LogP contribution in [0.15, 0.2) is 76.5 Å². The predicted octanol–water partition coefficient (Wildman–Crippen LogP) is 7.06. The van der Waals surface area contributed by atoms with Crippen molar-refractivity contribution in [3.63, 3.8) is 0 Å². The van der Waals surface area contributed by atoms with E-state index < -0.39 is 0 Å². The van der Waals surface area contributed by atoms with Gasteiger partial charge in [-0.2, -0.15) is 0 Å². The summed E-state index contributed by atoms with van der Waals surface area (Å²) in [5.41, 5.74) is 4.69. The smallest absolute Gasteiger partial charge is 0.258 e. The summed E-state index contributed by atoms with van der Waals surface area (Å²) in [5.74, 6) is 0. The molecule has 3 nitrogen and oxygen atoms in total. The number of hydrogen-bond donors (Lipinski definition) is 0. The molecule has 0 saturated carbocycles. The van der Waals surface area contributed by atoms with Crippen molar-refractivity contribution in [1.82, 2.24) is 0 Å². The molecule has 0 amide bonds. The Labute approximate surface area is 159 Å². The first kappa shape index (κ1) is 19.7. The van der Waals surface area contributed by atoms with Crippen LogP contribution in [0.4, 0.5) is 5.69 Å². The standard InChI is InChI=1S/C20H17NO2S.C2H6/c1-14-7-3-4-8-17(14)18-9-5-6-10-19(18)24-20-13-16(21(22)23)12-11-15(20)2;1-2/h3-13H,1-2H3;1-2H3. The van der Waals surface area contributed by atoms with E-state index in [2.05, 4.69) is 31.2 Å². The number of nitro benzene ring substituents is 1. The Bertz CT molecular complexity index is 906. The molecule has 4 heteroatoms. The molecule has 0 aromatic heterocycles. The highest BCUT2D eigenvalue weighted by atomic mass is 32.2. The number of non-ortho nitro benzene ring substituents is 1. The third-order valence-corrected chi connectivity index (χ3v) is 5.16. The molecule has 3 rings (SSSR count). The lowest BCUT2D eigenvalue weighted by Crippen LogP contribution is -1.90. The Morgan fingerprint density at radius 2 is 1.38 bits per heavy atom. The van der Waals surface area contributed by atoms with Crippen molar-refractivity contribution in [2.24, 2.45) is 0 Å². The first-order valence-corrected chi connectivity index (χ1v) is 9.46. The van der Waals surface area contributed by atoms with Crippen molar-refractivity contribution in [1.29, 1.82) is 0 Å². The first-order valence-electron chi connectivity index (χ1n) is 8.64. The van der Waals surface area contributed by atoms with Gasteiger partial charge in [0.25, 0.3) is 5.69 Å². The summed E-state index contributed by atoms with van der Waals surface area (Å²) in [6, 6.07) is 21.4. The molecule has 0 spiro atoms. The second-order valence-electron chi connectivity index (χ2n) is 5.62. The Kier molecular flexibility index (Phi) is 6.98. The molecule has 26 heavy (non-hydrogen) atoms. The van der Waals surface area contributed by atoms with Gasteiger partial charge in [-0.25, -0.2) is 0 Å². The van der Waals surface area contributed by atoms with E-state index >= 15 is 0 Å². The maximum absolute atomic E-state index is 11.0. The van der Waals surface area contributed by atoms with Crippen molar-refractivity contribution < 1.29 is 4.92 Å². The molecule has 0 aliphatic heterocycles. The van der Waals surface area contributed by atoms with Gasteiger partial charge in [0.05, 0.1) is 4.92 Å². The summed E-state index contributed by atoms with van der Waals surface area (Å²) in [4.78, 5) is 12.7. The zero-order valence-corrected chi connectivity index (χ0v) is 16.3. The van der Waals surface area contributed by atoms with Gasteiger partial charge in [0.15, 0.2) is 0 Å². The van der Waals surface area contributed by atoms with Crippen LogP contribution >= 0.6 is 11.8 Å². The molecule has 0 heterocycles. The van der Waals surface area contributed by atoms with Crippen molar-refractivity contribution in [3.8, 4) is 11.1 Å². The lowest BCUT2D eigenvalue weighted by atomic mass is 10.0. The highest BCUT2D eigenvalue weighted by Crippen LogP contribution is 2.39. The predicted molar refractivity (Wildman–Crippen MR) is 110 cm³/mol. The summed E-state index contributed by atoms with van der Waals surface area (Å²) >= 11 is 1.57. The van der Waals surface area contributed by atoms with Crippen LogP contribution in [0.25, 0.3) is 11.1 Å². The normalized spacial score (nSPS) is 10.0. The van der Waals surface area contributed by atoms with Crippen LogP contribution < -0.4 is 0 Å². The lowest BCUT2D eigenvalue weighted by Gasteiger charge is -2.12. The molecule has 3 aromatic carbocycles.